The maximum atomic E-state index is 12.0. The molecule has 28 heavy (non-hydrogen) atoms. The van der Waals surface area contributed by atoms with Crippen molar-refractivity contribution in [2.24, 2.45) is 0 Å². The van der Waals surface area contributed by atoms with E-state index in [4.69, 9.17) is 14.2 Å². The molecular formula is C21H32N2O5. The Balaban J connectivity index is 1.50. The Morgan fingerprint density at radius 2 is 1.86 bits per heavy atom. The van der Waals surface area contributed by atoms with Gasteiger partial charge in [0.1, 0.15) is 12.2 Å². The van der Waals surface area contributed by atoms with Crippen LogP contribution in [0.2, 0.25) is 0 Å². The lowest BCUT2D eigenvalue weighted by molar-refractivity contribution is -0.0221. The lowest BCUT2D eigenvalue weighted by Crippen LogP contribution is -2.49. The normalized spacial score (nSPS) is 18.7. The first-order valence-electron chi connectivity index (χ1n) is 9.76. The zero-order valence-corrected chi connectivity index (χ0v) is 17.3. The van der Waals surface area contributed by atoms with Crippen molar-refractivity contribution in [1.29, 1.82) is 0 Å². The quantitative estimate of drug-likeness (QED) is 0.683. The molecule has 7 heteroatoms. The lowest BCUT2D eigenvalue weighted by Gasteiger charge is -2.36. The highest BCUT2D eigenvalue weighted by molar-refractivity contribution is 5.68. The van der Waals surface area contributed by atoms with Gasteiger partial charge in [0.2, 0.25) is 0 Å². The number of nitrogens with one attached hydrogen (secondary N) is 1. The fourth-order valence-electron chi connectivity index (χ4n) is 2.77. The van der Waals surface area contributed by atoms with Crippen molar-refractivity contribution >= 4 is 12.2 Å². The molecule has 0 bridgehead atoms. The number of hydrogen-bond donors (Lipinski definition) is 1. The van der Waals surface area contributed by atoms with Crippen LogP contribution in [0.5, 0.6) is 0 Å². The summed E-state index contributed by atoms with van der Waals surface area (Å²) in [5.74, 6) is 0. The maximum absolute atomic E-state index is 12.0. The van der Waals surface area contributed by atoms with Gasteiger partial charge in [0.15, 0.2) is 0 Å². The van der Waals surface area contributed by atoms with E-state index in [1.165, 1.54) is 0 Å². The molecule has 0 aliphatic heterocycles. The second-order valence-corrected chi connectivity index (χ2v) is 8.12. The number of amides is 2. The highest BCUT2D eigenvalue weighted by atomic mass is 16.6. The molecule has 0 heterocycles. The fourth-order valence-corrected chi connectivity index (χ4v) is 2.77. The standard InChI is InChI=1S/C21H32N2O5/c1-21(2,3)28-19(24)22-17-13-18(14-17)26-12-8-11-23(4)20(25)27-15-16-9-6-5-7-10-16/h5-7,9-10,17-18H,8,11-15H2,1-4H3,(H,22,24). The van der Waals surface area contributed by atoms with Crippen molar-refractivity contribution in [1.82, 2.24) is 10.2 Å². The van der Waals surface area contributed by atoms with Crippen molar-refractivity contribution in [3.05, 3.63) is 35.9 Å². The second-order valence-electron chi connectivity index (χ2n) is 8.12. The summed E-state index contributed by atoms with van der Waals surface area (Å²) < 4.78 is 16.3. The van der Waals surface area contributed by atoms with Crippen LogP contribution in [0.4, 0.5) is 9.59 Å². The average molecular weight is 392 g/mol. The summed E-state index contributed by atoms with van der Waals surface area (Å²) in [6, 6.07) is 9.71. The number of ether oxygens (including phenoxy) is 3. The van der Waals surface area contributed by atoms with Gasteiger partial charge >= 0.3 is 12.2 Å². The summed E-state index contributed by atoms with van der Waals surface area (Å²) in [4.78, 5) is 25.2. The zero-order chi connectivity index (χ0) is 20.6. The highest BCUT2D eigenvalue weighted by Gasteiger charge is 2.32. The SMILES string of the molecule is CN(CCCOC1CC(NC(=O)OC(C)(C)C)C1)C(=O)OCc1ccccc1. The predicted molar refractivity (Wildman–Crippen MR) is 106 cm³/mol. The van der Waals surface area contributed by atoms with Gasteiger partial charge in [-0.05, 0) is 45.6 Å². The topological polar surface area (TPSA) is 77.1 Å². The maximum Gasteiger partial charge on any atom is 0.409 e. The molecule has 0 spiro atoms. The number of benzene rings is 1. The number of hydrogen-bond acceptors (Lipinski definition) is 5. The van der Waals surface area contributed by atoms with Gasteiger partial charge in [-0.2, -0.15) is 0 Å². The van der Waals surface area contributed by atoms with Gasteiger partial charge in [0.25, 0.3) is 0 Å². The van der Waals surface area contributed by atoms with E-state index in [9.17, 15) is 9.59 Å². The largest absolute Gasteiger partial charge is 0.445 e. The van der Waals surface area contributed by atoms with Crippen molar-refractivity contribution in [2.75, 3.05) is 20.2 Å². The van der Waals surface area contributed by atoms with Crippen LogP contribution in [0.3, 0.4) is 0 Å². The Morgan fingerprint density at radius 1 is 1.18 bits per heavy atom. The van der Waals surface area contributed by atoms with Gasteiger partial charge in [0.05, 0.1) is 6.10 Å². The first-order chi connectivity index (χ1) is 13.2. The minimum absolute atomic E-state index is 0.107. The summed E-state index contributed by atoms with van der Waals surface area (Å²) >= 11 is 0. The molecule has 0 radical (unpaired) electrons. The first kappa shape index (κ1) is 22.0. The van der Waals surface area contributed by atoms with Crippen LogP contribution in [0.15, 0.2) is 30.3 Å². The molecule has 0 unspecified atom stereocenters. The summed E-state index contributed by atoms with van der Waals surface area (Å²) in [5.41, 5.74) is 0.477. The van der Waals surface area contributed by atoms with Crippen LogP contribution in [0.1, 0.15) is 45.6 Å². The monoisotopic (exact) mass is 392 g/mol. The van der Waals surface area contributed by atoms with Gasteiger partial charge < -0.3 is 24.4 Å². The molecule has 2 rings (SSSR count). The van der Waals surface area contributed by atoms with E-state index in [1.807, 2.05) is 51.1 Å². The Bertz CT molecular complexity index is 623. The molecule has 0 atom stereocenters. The van der Waals surface area contributed by atoms with Crippen LogP contribution in [0.25, 0.3) is 0 Å². The Hall–Kier alpha value is -2.28. The lowest BCUT2D eigenvalue weighted by atomic mass is 9.89. The van der Waals surface area contributed by atoms with E-state index in [1.54, 1.807) is 11.9 Å². The van der Waals surface area contributed by atoms with Crippen molar-refractivity contribution in [2.45, 2.75) is 64.4 Å². The van der Waals surface area contributed by atoms with Gasteiger partial charge in [0, 0.05) is 26.2 Å². The molecule has 0 aromatic heterocycles. The van der Waals surface area contributed by atoms with Crippen molar-refractivity contribution < 1.29 is 23.8 Å². The van der Waals surface area contributed by atoms with E-state index in [-0.39, 0.29) is 30.9 Å². The minimum Gasteiger partial charge on any atom is -0.445 e. The fraction of sp³-hybridized carbons (Fsp3) is 0.619. The Morgan fingerprint density at radius 3 is 2.50 bits per heavy atom. The van der Waals surface area contributed by atoms with E-state index < -0.39 is 5.60 Å². The van der Waals surface area contributed by atoms with Crippen LogP contribution in [-0.2, 0) is 20.8 Å². The smallest absolute Gasteiger partial charge is 0.409 e. The van der Waals surface area contributed by atoms with Gasteiger partial charge in [-0.15, -0.1) is 0 Å². The molecule has 1 fully saturated rings. The van der Waals surface area contributed by atoms with E-state index in [2.05, 4.69) is 5.32 Å². The summed E-state index contributed by atoms with van der Waals surface area (Å²) in [6.45, 7) is 6.93. The number of carbonyl (C=O) groups excluding carboxylic acids is 2. The van der Waals surface area contributed by atoms with E-state index >= 15 is 0 Å². The molecule has 1 aliphatic rings. The number of alkyl carbamates (subject to hydrolysis) is 1. The number of carbonyl (C=O) groups is 2. The third kappa shape index (κ3) is 8.17. The third-order valence-electron chi connectivity index (χ3n) is 4.32. The molecule has 0 saturated heterocycles. The molecule has 1 aliphatic carbocycles. The molecule has 7 nitrogen and oxygen atoms in total. The third-order valence-corrected chi connectivity index (χ3v) is 4.32. The molecule has 2 amide bonds. The molecule has 156 valence electrons. The minimum atomic E-state index is -0.488. The molecule has 1 N–H and O–H groups in total. The van der Waals surface area contributed by atoms with Crippen molar-refractivity contribution in [3.8, 4) is 0 Å². The number of nitrogens with zero attached hydrogens (tertiary/aromatic N) is 1. The van der Waals surface area contributed by atoms with Gasteiger partial charge in [-0.25, -0.2) is 9.59 Å². The Labute approximate surface area is 167 Å². The molecule has 1 aromatic carbocycles. The zero-order valence-electron chi connectivity index (χ0n) is 17.3. The second kappa shape index (κ2) is 10.3. The van der Waals surface area contributed by atoms with E-state index in [0.29, 0.717) is 13.2 Å². The van der Waals surface area contributed by atoms with Gasteiger partial charge in [-0.3, -0.25) is 0 Å². The number of rotatable bonds is 8. The van der Waals surface area contributed by atoms with Crippen LogP contribution in [-0.4, -0.2) is 55.0 Å². The highest BCUT2D eigenvalue weighted by Crippen LogP contribution is 2.24. The first-order valence-corrected chi connectivity index (χ1v) is 9.76. The predicted octanol–water partition coefficient (Wildman–Crippen LogP) is 3.72. The molecule has 1 aromatic rings. The van der Waals surface area contributed by atoms with E-state index in [0.717, 1.165) is 24.8 Å². The van der Waals surface area contributed by atoms with Crippen molar-refractivity contribution in [3.63, 3.8) is 0 Å². The summed E-state index contributed by atoms with van der Waals surface area (Å²) in [7, 11) is 1.72. The molecular weight excluding hydrogens is 360 g/mol. The average Bonchev–Trinajstić information content (AvgIpc) is 2.59. The van der Waals surface area contributed by atoms with Crippen LogP contribution >= 0.6 is 0 Å². The summed E-state index contributed by atoms with van der Waals surface area (Å²) in [6.07, 6.45) is 1.73. The summed E-state index contributed by atoms with van der Waals surface area (Å²) in [5, 5.41) is 2.84. The van der Waals surface area contributed by atoms with Crippen LogP contribution in [0, 0.1) is 0 Å². The molecule has 1 saturated carbocycles. The van der Waals surface area contributed by atoms with Crippen LogP contribution < -0.4 is 5.32 Å². The Kier molecular flexibility index (Phi) is 8.11. The van der Waals surface area contributed by atoms with Gasteiger partial charge in [-0.1, -0.05) is 30.3 Å².